The Morgan fingerprint density at radius 1 is 1.36 bits per heavy atom. The van der Waals surface area contributed by atoms with Crippen molar-refractivity contribution in [3.8, 4) is 0 Å². The van der Waals surface area contributed by atoms with Crippen molar-refractivity contribution in [1.82, 2.24) is 0 Å². The van der Waals surface area contributed by atoms with E-state index in [2.05, 4.69) is 25.8 Å². The molecule has 3 nitrogen and oxygen atoms in total. The minimum atomic E-state index is -0.0881. The van der Waals surface area contributed by atoms with Gasteiger partial charge < -0.3 is 10.5 Å². The van der Waals surface area contributed by atoms with Crippen LogP contribution in [0.3, 0.4) is 0 Å². The van der Waals surface area contributed by atoms with Crippen molar-refractivity contribution in [2.45, 2.75) is 53.7 Å². The van der Waals surface area contributed by atoms with E-state index in [1.54, 1.807) is 0 Å². The Hall–Kier alpha value is -0.570. The Morgan fingerprint density at radius 3 is 2.14 bits per heavy atom. The molecule has 0 amide bonds. The van der Waals surface area contributed by atoms with E-state index < -0.39 is 0 Å². The quantitative estimate of drug-likeness (QED) is 0.558. The Labute approximate surface area is 87.7 Å². The van der Waals surface area contributed by atoms with Crippen LogP contribution in [-0.2, 0) is 4.74 Å². The van der Waals surface area contributed by atoms with Gasteiger partial charge in [0, 0.05) is 12.6 Å². The number of hydrogen-bond acceptors (Lipinski definition) is 2. The van der Waals surface area contributed by atoms with Gasteiger partial charge in [-0.05, 0) is 26.2 Å². The van der Waals surface area contributed by atoms with Gasteiger partial charge in [0.2, 0.25) is 0 Å². The van der Waals surface area contributed by atoms with Crippen LogP contribution >= 0.6 is 0 Å². The molecule has 1 unspecified atom stereocenters. The Kier molecular flexibility index (Phi) is 5.13. The van der Waals surface area contributed by atoms with Crippen LogP contribution in [0.2, 0.25) is 0 Å². The Morgan fingerprint density at radius 2 is 1.86 bits per heavy atom. The lowest BCUT2D eigenvalue weighted by atomic mass is 9.88. The van der Waals surface area contributed by atoms with E-state index >= 15 is 0 Å². The van der Waals surface area contributed by atoms with E-state index in [0.717, 1.165) is 0 Å². The van der Waals surface area contributed by atoms with Crippen molar-refractivity contribution < 1.29 is 4.74 Å². The van der Waals surface area contributed by atoms with Crippen molar-refractivity contribution in [2.24, 2.45) is 16.1 Å². The first-order chi connectivity index (χ1) is 6.29. The predicted molar refractivity (Wildman–Crippen MR) is 61.6 cm³/mol. The number of hydrogen-bond donors (Lipinski definition) is 1. The van der Waals surface area contributed by atoms with Crippen LogP contribution in [0.5, 0.6) is 0 Å². The smallest absolute Gasteiger partial charge is 0.124 e. The molecule has 0 aromatic heterocycles. The molecule has 0 aromatic carbocycles. The maximum atomic E-state index is 5.92. The highest BCUT2D eigenvalue weighted by molar-refractivity contribution is 5.85. The first-order valence-electron chi connectivity index (χ1n) is 5.23. The van der Waals surface area contributed by atoms with Gasteiger partial charge in [-0.3, -0.25) is 4.99 Å². The maximum Gasteiger partial charge on any atom is 0.124 e. The molecule has 1 atom stereocenters. The zero-order valence-electron chi connectivity index (χ0n) is 10.3. The summed E-state index contributed by atoms with van der Waals surface area (Å²) >= 11 is 0. The van der Waals surface area contributed by atoms with E-state index in [1.807, 2.05) is 20.8 Å². The molecule has 0 aliphatic heterocycles. The molecule has 3 heteroatoms. The Bertz CT molecular complexity index is 192. The van der Waals surface area contributed by atoms with E-state index in [9.17, 15) is 0 Å². The number of aliphatic imine (C=N–C) groups is 1. The van der Waals surface area contributed by atoms with Crippen LogP contribution in [0, 0.1) is 5.41 Å². The van der Waals surface area contributed by atoms with Gasteiger partial charge >= 0.3 is 0 Å². The fourth-order valence-corrected chi connectivity index (χ4v) is 1.31. The van der Waals surface area contributed by atoms with Gasteiger partial charge in [0.15, 0.2) is 0 Å². The lowest BCUT2D eigenvalue weighted by Gasteiger charge is -2.30. The maximum absolute atomic E-state index is 5.92. The summed E-state index contributed by atoms with van der Waals surface area (Å²) < 4.78 is 5.61. The van der Waals surface area contributed by atoms with Gasteiger partial charge in [0.25, 0.3) is 0 Å². The summed E-state index contributed by atoms with van der Waals surface area (Å²) in [5.41, 5.74) is 5.91. The molecule has 0 aliphatic carbocycles. The highest BCUT2D eigenvalue weighted by Gasteiger charge is 2.28. The zero-order chi connectivity index (χ0) is 11.4. The molecule has 2 N–H and O–H groups in total. The second kappa shape index (κ2) is 5.35. The lowest BCUT2D eigenvalue weighted by Crippen LogP contribution is -2.42. The Balaban J connectivity index is 4.66. The lowest BCUT2D eigenvalue weighted by molar-refractivity contribution is 0.0351. The second-order valence-electron chi connectivity index (χ2n) is 4.85. The molecule has 84 valence electrons. The normalized spacial score (nSPS) is 16.1. The summed E-state index contributed by atoms with van der Waals surface area (Å²) in [7, 11) is 0. The van der Waals surface area contributed by atoms with Crippen LogP contribution < -0.4 is 5.73 Å². The summed E-state index contributed by atoms with van der Waals surface area (Å²) in [5, 5.41) is 0. The summed E-state index contributed by atoms with van der Waals surface area (Å²) in [5.74, 6) is 0.606. The molecule has 14 heavy (non-hydrogen) atoms. The summed E-state index contributed by atoms with van der Waals surface area (Å²) in [6.45, 7) is 13.0. The fraction of sp³-hybridized carbons (Fsp3) is 0.909. The minimum absolute atomic E-state index is 0.00150. The molecule has 0 fully saturated rings. The number of ether oxygens (including phenoxy) is 1. The summed E-state index contributed by atoms with van der Waals surface area (Å²) in [6.07, 6.45) is -0.0881. The summed E-state index contributed by atoms with van der Waals surface area (Å²) in [6, 6.07) is 0.223. The minimum Gasteiger partial charge on any atom is -0.385 e. The van der Waals surface area contributed by atoms with Crippen molar-refractivity contribution in [2.75, 3.05) is 6.61 Å². The van der Waals surface area contributed by atoms with Gasteiger partial charge in [0.05, 0.1) is 0 Å². The zero-order valence-corrected chi connectivity index (χ0v) is 10.3. The number of nitrogens with zero attached hydrogens (tertiary/aromatic N) is 1. The highest BCUT2D eigenvalue weighted by atomic mass is 16.5. The van der Waals surface area contributed by atoms with Crippen LogP contribution in [0.25, 0.3) is 0 Å². The molecule has 0 aliphatic rings. The largest absolute Gasteiger partial charge is 0.385 e. The van der Waals surface area contributed by atoms with Crippen molar-refractivity contribution in [1.29, 1.82) is 0 Å². The molecule has 0 aromatic rings. The van der Waals surface area contributed by atoms with E-state index in [1.165, 1.54) is 0 Å². The van der Waals surface area contributed by atoms with E-state index in [0.29, 0.717) is 12.4 Å². The number of nitrogens with two attached hydrogens (primary N) is 1. The number of rotatable bonds is 4. The predicted octanol–water partition coefficient (Wildman–Crippen LogP) is 2.20. The van der Waals surface area contributed by atoms with Crippen molar-refractivity contribution in [3.05, 3.63) is 0 Å². The molecule has 0 saturated heterocycles. The van der Waals surface area contributed by atoms with Crippen LogP contribution in [0.4, 0.5) is 0 Å². The SMILES string of the molecule is CCOC(C(N)=NC(C)C)C(C)(C)C. The van der Waals surface area contributed by atoms with Crippen LogP contribution in [0.15, 0.2) is 4.99 Å². The monoisotopic (exact) mass is 200 g/mol. The molecular formula is C11H24N2O. The third-order valence-corrected chi connectivity index (χ3v) is 1.80. The summed E-state index contributed by atoms with van der Waals surface area (Å²) in [4.78, 5) is 4.33. The van der Waals surface area contributed by atoms with Gasteiger partial charge in [-0.25, -0.2) is 0 Å². The standard InChI is InChI=1S/C11H24N2O/c1-7-14-9(11(4,5)6)10(12)13-8(2)3/h8-9H,7H2,1-6H3,(H2,12,13). The van der Waals surface area contributed by atoms with Gasteiger partial charge in [-0.2, -0.15) is 0 Å². The average molecular weight is 200 g/mol. The van der Waals surface area contributed by atoms with Crippen molar-refractivity contribution in [3.63, 3.8) is 0 Å². The first kappa shape index (κ1) is 13.4. The fourth-order valence-electron chi connectivity index (χ4n) is 1.31. The van der Waals surface area contributed by atoms with Crippen LogP contribution in [-0.4, -0.2) is 24.6 Å². The topological polar surface area (TPSA) is 47.6 Å². The average Bonchev–Trinajstić information content (AvgIpc) is 1.96. The molecular weight excluding hydrogens is 176 g/mol. The molecule has 0 spiro atoms. The van der Waals surface area contributed by atoms with E-state index in [-0.39, 0.29) is 17.6 Å². The third kappa shape index (κ3) is 4.61. The van der Waals surface area contributed by atoms with Crippen molar-refractivity contribution >= 4 is 5.84 Å². The molecule has 0 rings (SSSR count). The van der Waals surface area contributed by atoms with E-state index in [4.69, 9.17) is 10.5 Å². The molecule has 0 heterocycles. The molecule has 0 bridgehead atoms. The first-order valence-corrected chi connectivity index (χ1v) is 5.23. The molecule has 0 radical (unpaired) electrons. The number of amidine groups is 1. The third-order valence-electron chi connectivity index (χ3n) is 1.80. The highest BCUT2D eigenvalue weighted by Crippen LogP contribution is 2.22. The van der Waals surface area contributed by atoms with Gasteiger partial charge in [-0.1, -0.05) is 20.8 Å². The second-order valence-corrected chi connectivity index (χ2v) is 4.85. The van der Waals surface area contributed by atoms with Gasteiger partial charge in [0.1, 0.15) is 11.9 Å². The van der Waals surface area contributed by atoms with Crippen LogP contribution in [0.1, 0.15) is 41.5 Å². The van der Waals surface area contributed by atoms with Gasteiger partial charge in [-0.15, -0.1) is 0 Å². The molecule has 0 saturated carbocycles.